The van der Waals surface area contributed by atoms with Gasteiger partial charge in [-0.25, -0.2) is 0 Å². The Morgan fingerprint density at radius 1 is 1.18 bits per heavy atom. The van der Waals surface area contributed by atoms with E-state index in [9.17, 15) is 14.7 Å². The van der Waals surface area contributed by atoms with Gasteiger partial charge < -0.3 is 15.7 Å². The Hall–Kier alpha value is -2.18. The highest BCUT2D eigenvalue weighted by molar-refractivity contribution is 7.07. The van der Waals surface area contributed by atoms with Crippen LogP contribution in [0.25, 0.3) is 0 Å². The lowest BCUT2D eigenvalue weighted by Crippen LogP contribution is -2.36. The van der Waals surface area contributed by atoms with Crippen molar-refractivity contribution in [2.45, 2.75) is 19.4 Å². The summed E-state index contributed by atoms with van der Waals surface area (Å²) in [6.07, 6.45) is -0.271. The Balaban J connectivity index is 1.74. The lowest BCUT2D eigenvalue weighted by atomic mass is 10.1. The van der Waals surface area contributed by atoms with Crippen molar-refractivity contribution in [3.05, 3.63) is 52.2 Å². The Morgan fingerprint density at radius 3 is 2.55 bits per heavy atom. The summed E-state index contributed by atoms with van der Waals surface area (Å²) < 4.78 is 0. The van der Waals surface area contributed by atoms with Crippen molar-refractivity contribution in [2.75, 3.05) is 11.9 Å². The molecule has 0 fully saturated rings. The van der Waals surface area contributed by atoms with Crippen molar-refractivity contribution in [1.82, 2.24) is 5.32 Å². The first-order valence-corrected chi connectivity index (χ1v) is 7.86. The van der Waals surface area contributed by atoms with Crippen LogP contribution in [0.4, 0.5) is 5.69 Å². The fourth-order valence-corrected chi connectivity index (χ4v) is 2.57. The smallest absolute Gasteiger partial charge is 0.313 e. The minimum absolute atomic E-state index is 0.233. The van der Waals surface area contributed by atoms with Crippen LogP contribution in [0.3, 0.4) is 0 Å². The van der Waals surface area contributed by atoms with Crippen LogP contribution in [0.5, 0.6) is 0 Å². The summed E-state index contributed by atoms with van der Waals surface area (Å²) in [5.41, 5.74) is 2.47. The molecule has 0 saturated heterocycles. The second kappa shape index (κ2) is 7.72. The van der Waals surface area contributed by atoms with E-state index in [2.05, 4.69) is 10.6 Å². The number of nitrogens with one attached hydrogen (secondary N) is 2. The molecule has 116 valence electrons. The minimum Gasteiger partial charge on any atom is -0.388 e. The standard InChI is InChI=1S/C16H18N2O3S/c1-11-2-4-13(5-3-11)18-16(21)15(20)17-8-6-14(19)12-7-9-22-10-12/h2-5,7,9-10,14,19H,6,8H2,1H3,(H,17,20)(H,18,21). The summed E-state index contributed by atoms with van der Waals surface area (Å²) >= 11 is 1.50. The van der Waals surface area contributed by atoms with Crippen molar-refractivity contribution in [3.63, 3.8) is 0 Å². The molecule has 0 bridgehead atoms. The van der Waals surface area contributed by atoms with E-state index in [4.69, 9.17) is 0 Å². The van der Waals surface area contributed by atoms with Crippen LogP contribution in [0, 0.1) is 6.92 Å². The number of aryl methyl sites for hydroxylation is 1. The third-order valence-electron chi connectivity index (χ3n) is 3.15. The van der Waals surface area contributed by atoms with E-state index < -0.39 is 17.9 Å². The summed E-state index contributed by atoms with van der Waals surface area (Å²) in [4.78, 5) is 23.4. The van der Waals surface area contributed by atoms with Gasteiger partial charge in [-0.3, -0.25) is 9.59 Å². The van der Waals surface area contributed by atoms with Crippen LogP contribution >= 0.6 is 11.3 Å². The SMILES string of the molecule is Cc1ccc(NC(=O)C(=O)NCCC(O)c2ccsc2)cc1. The maximum Gasteiger partial charge on any atom is 0.313 e. The second-order valence-electron chi connectivity index (χ2n) is 4.94. The van der Waals surface area contributed by atoms with Gasteiger partial charge in [0, 0.05) is 12.2 Å². The molecule has 1 aromatic carbocycles. The molecule has 3 N–H and O–H groups in total. The molecule has 0 aliphatic carbocycles. The van der Waals surface area contributed by atoms with E-state index in [1.165, 1.54) is 11.3 Å². The fourth-order valence-electron chi connectivity index (χ4n) is 1.86. The molecule has 1 unspecified atom stereocenters. The number of rotatable bonds is 5. The molecule has 0 radical (unpaired) electrons. The summed E-state index contributed by atoms with van der Waals surface area (Å²) in [5.74, 6) is -1.42. The Morgan fingerprint density at radius 2 is 1.91 bits per heavy atom. The van der Waals surface area contributed by atoms with Gasteiger partial charge in [0.05, 0.1) is 6.10 Å². The quantitative estimate of drug-likeness (QED) is 0.740. The summed E-state index contributed by atoms with van der Waals surface area (Å²) in [7, 11) is 0. The van der Waals surface area contributed by atoms with Crippen LogP contribution < -0.4 is 10.6 Å². The molecular formula is C16H18N2O3S. The molecule has 2 aromatic rings. The number of aliphatic hydroxyl groups is 1. The highest BCUT2D eigenvalue weighted by atomic mass is 32.1. The molecule has 2 rings (SSSR count). The average molecular weight is 318 g/mol. The van der Waals surface area contributed by atoms with Crippen molar-refractivity contribution in [1.29, 1.82) is 0 Å². The molecule has 1 atom stereocenters. The zero-order valence-electron chi connectivity index (χ0n) is 12.2. The first kappa shape index (κ1) is 16.2. The van der Waals surface area contributed by atoms with Gasteiger partial charge in [0.15, 0.2) is 0 Å². The van der Waals surface area contributed by atoms with Gasteiger partial charge in [0.25, 0.3) is 0 Å². The van der Waals surface area contributed by atoms with Crippen LogP contribution in [-0.2, 0) is 9.59 Å². The highest BCUT2D eigenvalue weighted by Gasteiger charge is 2.14. The molecule has 2 amide bonds. The summed E-state index contributed by atoms with van der Waals surface area (Å²) in [5, 5.41) is 18.6. The second-order valence-corrected chi connectivity index (χ2v) is 5.72. The highest BCUT2D eigenvalue weighted by Crippen LogP contribution is 2.18. The first-order valence-electron chi connectivity index (χ1n) is 6.92. The lowest BCUT2D eigenvalue weighted by Gasteiger charge is -2.10. The van der Waals surface area contributed by atoms with Gasteiger partial charge >= 0.3 is 11.8 Å². The van der Waals surface area contributed by atoms with Crippen molar-refractivity contribution in [3.8, 4) is 0 Å². The predicted molar refractivity (Wildman–Crippen MR) is 86.7 cm³/mol. The molecule has 0 saturated carbocycles. The van der Waals surface area contributed by atoms with Gasteiger partial charge in [-0.05, 0) is 47.9 Å². The van der Waals surface area contributed by atoms with Gasteiger partial charge in [0.2, 0.25) is 0 Å². The topological polar surface area (TPSA) is 78.4 Å². The predicted octanol–water partition coefficient (Wildman–Crippen LogP) is 2.23. The van der Waals surface area contributed by atoms with E-state index in [1.54, 1.807) is 12.1 Å². The number of carbonyl (C=O) groups excluding carboxylic acids is 2. The Bertz CT molecular complexity index is 623. The number of carbonyl (C=O) groups is 2. The van der Waals surface area contributed by atoms with Gasteiger partial charge in [0.1, 0.15) is 0 Å². The number of thiophene rings is 1. The van der Waals surface area contributed by atoms with E-state index in [0.717, 1.165) is 11.1 Å². The number of aliphatic hydroxyl groups excluding tert-OH is 1. The summed E-state index contributed by atoms with van der Waals surface area (Å²) in [6.45, 7) is 2.17. The zero-order valence-corrected chi connectivity index (χ0v) is 13.0. The number of benzene rings is 1. The normalized spacial score (nSPS) is 11.7. The largest absolute Gasteiger partial charge is 0.388 e. The van der Waals surface area contributed by atoms with Crippen LogP contribution in [0.15, 0.2) is 41.1 Å². The van der Waals surface area contributed by atoms with Crippen LogP contribution in [-0.4, -0.2) is 23.5 Å². The first-order chi connectivity index (χ1) is 10.6. The Labute approximate surface area is 133 Å². The molecule has 1 heterocycles. The average Bonchev–Trinajstić information content (AvgIpc) is 3.03. The molecule has 0 aliphatic rings. The monoisotopic (exact) mass is 318 g/mol. The van der Waals surface area contributed by atoms with Crippen LogP contribution in [0.2, 0.25) is 0 Å². The lowest BCUT2D eigenvalue weighted by molar-refractivity contribution is -0.136. The number of amides is 2. The van der Waals surface area contributed by atoms with Crippen molar-refractivity contribution in [2.24, 2.45) is 0 Å². The number of anilines is 1. The molecule has 0 aliphatic heterocycles. The molecular weight excluding hydrogens is 300 g/mol. The van der Waals surface area contributed by atoms with Gasteiger partial charge in [-0.15, -0.1) is 0 Å². The van der Waals surface area contributed by atoms with Gasteiger partial charge in [-0.2, -0.15) is 11.3 Å². The maximum absolute atomic E-state index is 11.7. The third-order valence-corrected chi connectivity index (χ3v) is 3.85. The molecule has 22 heavy (non-hydrogen) atoms. The summed E-state index contributed by atoms with van der Waals surface area (Å²) in [6, 6.07) is 9.01. The molecule has 6 heteroatoms. The fraction of sp³-hybridized carbons (Fsp3) is 0.250. The zero-order chi connectivity index (χ0) is 15.9. The number of hydrogen-bond acceptors (Lipinski definition) is 4. The Kier molecular flexibility index (Phi) is 5.68. The maximum atomic E-state index is 11.7. The van der Waals surface area contributed by atoms with E-state index in [0.29, 0.717) is 12.1 Å². The molecule has 1 aromatic heterocycles. The molecule has 0 spiro atoms. The number of hydrogen-bond donors (Lipinski definition) is 3. The van der Waals surface area contributed by atoms with Gasteiger partial charge in [-0.1, -0.05) is 17.7 Å². The van der Waals surface area contributed by atoms with Crippen molar-refractivity contribution >= 4 is 28.8 Å². The van der Waals surface area contributed by atoms with Crippen LogP contribution in [0.1, 0.15) is 23.7 Å². The molecule has 5 nitrogen and oxygen atoms in total. The minimum atomic E-state index is -0.714. The third kappa shape index (κ3) is 4.68. The van der Waals surface area contributed by atoms with Crippen molar-refractivity contribution < 1.29 is 14.7 Å². The van der Waals surface area contributed by atoms with E-state index in [-0.39, 0.29) is 6.54 Å². The van der Waals surface area contributed by atoms with E-state index >= 15 is 0 Å². The van der Waals surface area contributed by atoms with E-state index in [1.807, 2.05) is 35.9 Å².